The van der Waals surface area contributed by atoms with Crippen molar-refractivity contribution in [2.75, 3.05) is 35.5 Å². The van der Waals surface area contributed by atoms with E-state index in [0.29, 0.717) is 30.0 Å². The first-order chi connectivity index (χ1) is 14.1. The predicted octanol–water partition coefficient (Wildman–Crippen LogP) is 3.19. The van der Waals surface area contributed by atoms with Crippen LogP contribution in [0.3, 0.4) is 0 Å². The second-order valence-corrected chi connectivity index (χ2v) is 8.97. The Morgan fingerprint density at radius 1 is 0.967 bits per heavy atom. The SMILES string of the molecule is CCN(CC)C(=O)c1ccccc1NC(=O)CN(c1cccc(C)c1C)S(C)(=O)=O. The van der Waals surface area contributed by atoms with Gasteiger partial charge in [0.1, 0.15) is 6.54 Å². The van der Waals surface area contributed by atoms with E-state index in [0.717, 1.165) is 21.7 Å². The summed E-state index contributed by atoms with van der Waals surface area (Å²) in [4.78, 5) is 27.2. The maximum Gasteiger partial charge on any atom is 0.255 e. The maximum absolute atomic E-state index is 12.8. The van der Waals surface area contributed by atoms with Crippen molar-refractivity contribution in [1.29, 1.82) is 0 Å². The molecule has 0 saturated carbocycles. The molecule has 2 aromatic carbocycles. The number of carbonyl (C=O) groups is 2. The number of rotatable bonds is 8. The van der Waals surface area contributed by atoms with Crippen molar-refractivity contribution in [1.82, 2.24) is 4.90 Å². The smallest absolute Gasteiger partial charge is 0.255 e. The zero-order valence-electron chi connectivity index (χ0n) is 18.1. The van der Waals surface area contributed by atoms with E-state index in [1.165, 1.54) is 0 Å². The summed E-state index contributed by atoms with van der Waals surface area (Å²) in [6.07, 6.45) is 1.07. The molecule has 30 heavy (non-hydrogen) atoms. The Balaban J connectivity index is 2.32. The van der Waals surface area contributed by atoms with Crippen LogP contribution in [-0.2, 0) is 14.8 Å². The summed E-state index contributed by atoms with van der Waals surface area (Å²) in [5, 5.41) is 2.71. The number of anilines is 2. The normalized spacial score (nSPS) is 11.1. The Kier molecular flexibility index (Phi) is 7.61. The van der Waals surface area contributed by atoms with Gasteiger partial charge in [-0.05, 0) is 57.0 Å². The summed E-state index contributed by atoms with van der Waals surface area (Å²) in [6, 6.07) is 12.0. The summed E-state index contributed by atoms with van der Waals surface area (Å²) in [6.45, 7) is 8.18. The predicted molar refractivity (Wildman–Crippen MR) is 120 cm³/mol. The summed E-state index contributed by atoms with van der Waals surface area (Å²) < 4.78 is 25.9. The lowest BCUT2D eigenvalue weighted by Crippen LogP contribution is -2.38. The minimum Gasteiger partial charge on any atom is -0.339 e. The van der Waals surface area contributed by atoms with Crippen LogP contribution in [0.15, 0.2) is 42.5 Å². The van der Waals surface area contributed by atoms with Gasteiger partial charge in [-0.25, -0.2) is 8.42 Å². The third-order valence-electron chi connectivity index (χ3n) is 5.01. The summed E-state index contributed by atoms with van der Waals surface area (Å²) in [5.41, 5.74) is 2.89. The van der Waals surface area contributed by atoms with Gasteiger partial charge in [-0.3, -0.25) is 13.9 Å². The fourth-order valence-corrected chi connectivity index (χ4v) is 4.07. The van der Waals surface area contributed by atoms with Crippen molar-refractivity contribution in [2.24, 2.45) is 0 Å². The minimum atomic E-state index is -3.70. The van der Waals surface area contributed by atoms with Gasteiger partial charge in [-0.2, -0.15) is 0 Å². The lowest BCUT2D eigenvalue weighted by molar-refractivity contribution is -0.114. The van der Waals surface area contributed by atoms with E-state index in [1.54, 1.807) is 41.3 Å². The highest BCUT2D eigenvalue weighted by Crippen LogP contribution is 2.25. The highest BCUT2D eigenvalue weighted by Gasteiger charge is 2.24. The van der Waals surface area contributed by atoms with Gasteiger partial charge in [0.05, 0.1) is 23.2 Å². The van der Waals surface area contributed by atoms with E-state index in [2.05, 4.69) is 5.32 Å². The topological polar surface area (TPSA) is 86.8 Å². The number of nitrogens with one attached hydrogen (secondary N) is 1. The Bertz CT molecular complexity index is 1030. The molecule has 0 unspecified atom stereocenters. The van der Waals surface area contributed by atoms with Crippen LogP contribution in [0.1, 0.15) is 35.3 Å². The number of hydrogen-bond acceptors (Lipinski definition) is 4. The van der Waals surface area contributed by atoms with E-state index in [1.807, 2.05) is 33.8 Å². The van der Waals surface area contributed by atoms with Crippen LogP contribution in [0.5, 0.6) is 0 Å². The van der Waals surface area contributed by atoms with E-state index in [9.17, 15) is 18.0 Å². The molecule has 0 aliphatic carbocycles. The number of amides is 2. The molecule has 0 aliphatic rings. The number of para-hydroxylation sites is 1. The molecule has 0 spiro atoms. The molecule has 2 aromatic rings. The summed E-state index contributed by atoms with van der Waals surface area (Å²) in [5.74, 6) is -0.716. The van der Waals surface area contributed by atoms with E-state index in [4.69, 9.17) is 0 Å². The van der Waals surface area contributed by atoms with Gasteiger partial charge in [-0.1, -0.05) is 24.3 Å². The van der Waals surface area contributed by atoms with E-state index < -0.39 is 22.5 Å². The van der Waals surface area contributed by atoms with Gasteiger partial charge in [0.25, 0.3) is 5.91 Å². The monoisotopic (exact) mass is 431 g/mol. The number of carbonyl (C=O) groups excluding carboxylic acids is 2. The molecule has 162 valence electrons. The van der Waals surface area contributed by atoms with Crippen LogP contribution in [0.2, 0.25) is 0 Å². The van der Waals surface area contributed by atoms with Crippen LogP contribution in [0, 0.1) is 13.8 Å². The standard InChI is InChI=1S/C22H29N3O4S/c1-6-24(7-2)22(27)18-12-8-9-13-19(18)23-21(26)15-25(30(5,28)29)20-14-10-11-16(3)17(20)4/h8-14H,6-7,15H2,1-5H3,(H,23,26). The van der Waals surface area contributed by atoms with E-state index >= 15 is 0 Å². The summed E-state index contributed by atoms with van der Waals surface area (Å²) in [7, 11) is -3.70. The van der Waals surface area contributed by atoms with Gasteiger partial charge in [0, 0.05) is 13.1 Å². The highest BCUT2D eigenvalue weighted by molar-refractivity contribution is 7.92. The van der Waals surface area contributed by atoms with Gasteiger partial charge >= 0.3 is 0 Å². The van der Waals surface area contributed by atoms with Crippen molar-refractivity contribution in [2.45, 2.75) is 27.7 Å². The van der Waals surface area contributed by atoms with Crippen molar-refractivity contribution in [3.05, 3.63) is 59.2 Å². The zero-order valence-corrected chi connectivity index (χ0v) is 18.9. The first-order valence-electron chi connectivity index (χ1n) is 9.82. The third-order valence-corrected chi connectivity index (χ3v) is 6.14. The van der Waals surface area contributed by atoms with Gasteiger partial charge in [-0.15, -0.1) is 0 Å². The van der Waals surface area contributed by atoms with Crippen LogP contribution in [-0.4, -0.2) is 51.0 Å². The molecule has 0 saturated heterocycles. The van der Waals surface area contributed by atoms with Gasteiger partial charge in [0.15, 0.2) is 0 Å². The van der Waals surface area contributed by atoms with Crippen molar-refractivity contribution >= 4 is 33.2 Å². The number of sulfonamides is 1. The quantitative estimate of drug-likeness (QED) is 0.695. The minimum absolute atomic E-state index is 0.189. The molecule has 0 fully saturated rings. The average Bonchev–Trinajstić information content (AvgIpc) is 2.69. The fraction of sp³-hybridized carbons (Fsp3) is 0.364. The third kappa shape index (κ3) is 5.38. The van der Waals surface area contributed by atoms with Crippen LogP contribution in [0.4, 0.5) is 11.4 Å². The Morgan fingerprint density at radius 2 is 1.60 bits per heavy atom. The number of benzene rings is 2. The van der Waals surface area contributed by atoms with Crippen molar-refractivity contribution in [3.8, 4) is 0 Å². The van der Waals surface area contributed by atoms with E-state index in [-0.39, 0.29) is 5.91 Å². The molecule has 0 radical (unpaired) electrons. The molecule has 0 bridgehead atoms. The maximum atomic E-state index is 12.8. The lowest BCUT2D eigenvalue weighted by Gasteiger charge is -2.25. The van der Waals surface area contributed by atoms with Crippen LogP contribution in [0.25, 0.3) is 0 Å². The Morgan fingerprint density at radius 3 is 2.20 bits per heavy atom. The molecule has 1 N–H and O–H groups in total. The average molecular weight is 432 g/mol. The summed E-state index contributed by atoms with van der Waals surface area (Å²) >= 11 is 0. The first kappa shape index (κ1) is 23.4. The number of aryl methyl sites for hydroxylation is 1. The second-order valence-electron chi connectivity index (χ2n) is 7.06. The molecule has 0 heterocycles. The molecule has 0 aliphatic heterocycles. The van der Waals surface area contributed by atoms with Crippen LogP contribution < -0.4 is 9.62 Å². The van der Waals surface area contributed by atoms with Crippen LogP contribution >= 0.6 is 0 Å². The molecule has 8 heteroatoms. The first-order valence-corrected chi connectivity index (χ1v) is 11.7. The second kappa shape index (κ2) is 9.75. The van der Waals surface area contributed by atoms with Crippen molar-refractivity contribution in [3.63, 3.8) is 0 Å². The zero-order chi connectivity index (χ0) is 22.5. The molecule has 0 aromatic heterocycles. The molecular formula is C22H29N3O4S. The highest BCUT2D eigenvalue weighted by atomic mass is 32.2. The molecule has 7 nitrogen and oxygen atoms in total. The molecule has 0 atom stereocenters. The Hall–Kier alpha value is -2.87. The molecule has 2 rings (SSSR count). The van der Waals surface area contributed by atoms with Gasteiger partial charge < -0.3 is 10.2 Å². The Labute approximate surface area is 178 Å². The van der Waals surface area contributed by atoms with Gasteiger partial charge in [0.2, 0.25) is 15.9 Å². The molecular weight excluding hydrogens is 402 g/mol. The number of nitrogens with zero attached hydrogens (tertiary/aromatic N) is 2. The number of hydrogen-bond donors (Lipinski definition) is 1. The molecule has 2 amide bonds. The largest absolute Gasteiger partial charge is 0.339 e. The van der Waals surface area contributed by atoms with Crippen molar-refractivity contribution < 1.29 is 18.0 Å². The lowest BCUT2D eigenvalue weighted by atomic mass is 10.1. The fourth-order valence-electron chi connectivity index (χ4n) is 3.17.